The Hall–Kier alpha value is -2.92. The summed E-state index contributed by atoms with van der Waals surface area (Å²) in [6, 6.07) is 11.2. The average Bonchev–Trinajstić information content (AvgIpc) is 3.04. The lowest BCUT2D eigenvalue weighted by Gasteiger charge is -2.12. The lowest BCUT2D eigenvalue weighted by molar-refractivity contribution is 0.0988. The highest BCUT2D eigenvalue weighted by molar-refractivity contribution is 7.69. The first-order chi connectivity index (χ1) is 13.2. The number of carbonyl (C=O) groups excluding carboxylic acids is 1. The van der Waals surface area contributed by atoms with Gasteiger partial charge in [-0.15, -0.1) is 0 Å². The molecule has 3 aromatic rings. The quantitative estimate of drug-likeness (QED) is 0.486. The van der Waals surface area contributed by atoms with Gasteiger partial charge in [-0.1, -0.05) is 19.1 Å². The molecule has 8 heteroatoms. The van der Waals surface area contributed by atoms with Gasteiger partial charge < -0.3 is 15.6 Å². The maximum Gasteiger partial charge on any atom is 0.166 e. The molecule has 1 aromatic carbocycles. The summed E-state index contributed by atoms with van der Waals surface area (Å²) in [5.41, 5.74) is 10.0. The number of nitrogen functional groups attached to an aromatic ring is 1. The second kappa shape index (κ2) is 7.60. The van der Waals surface area contributed by atoms with Crippen LogP contribution in [-0.2, 0) is 11.6 Å². The molecule has 7 nitrogen and oxygen atoms in total. The third kappa shape index (κ3) is 4.15. The van der Waals surface area contributed by atoms with Crippen LogP contribution in [-0.4, -0.2) is 33.9 Å². The van der Waals surface area contributed by atoms with Crippen molar-refractivity contribution < 1.29 is 9.36 Å². The Morgan fingerprint density at radius 1 is 1.25 bits per heavy atom. The largest absolute Gasteiger partial charge is 0.384 e. The van der Waals surface area contributed by atoms with Crippen LogP contribution in [0.5, 0.6) is 0 Å². The van der Waals surface area contributed by atoms with Gasteiger partial charge >= 0.3 is 0 Å². The first-order valence-electron chi connectivity index (χ1n) is 8.95. The number of aryl methyl sites for hydroxylation is 1. The summed E-state index contributed by atoms with van der Waals surface area (Å²) in [6.45, 7) is 5.26. The molecule has 2 heterocycles. The number of Topliss-reactive ketones (excluding diaryl/α,β-unsaturated/α-hetero) is 1. The maximum atomic E-state index is 12.4. The summed E-state index contributed by atoms with van der Waals surface area (Å²) in [7, 11) is -0.628. The van der Waals surface area contributed by atoms with Gasteiger partial charge in [-0.05, 0) is 31.5 Å². The molecule has 3 N–H and O–H groups in total. The molecule has 0 radical (unpaired) electrons. The molecule has 2 aromatic heterocycles. The summed E-state index contributed by atoms with van der Waals surface area (Å²) in [5.74, 6) is 0.324. The Morgan fingerprint density at radius 3 is 2.64 bits per heavy atom. The molecule has 0 saturated carbocycles. The molecule has 0 bridgehead atoms. The minimum Gasteiger partial charge on any atom is -0.384 e. The average molecular weight is 397 g/mol. The monoisotopic (exact) mass is 397 g/mol. The number of nitrogens with zero attached hydrogens (tertiary/aromatic N) is 3. The number of aromatic nitrogens is 3. The first-order valence-corrected chi connectivity index (χ1v) is 11.5. The summed E-state index contributed by atoms with van der Waals surface area (Å²) in [6.07, 6.45) is 1.88. The number of rotatable bonds is 6. The molecule has 0 amide bonds. The lowest BCUT2D eigenvalue weighted by Crippen LogP contribution is -2.13. The Morgan fingerprint density at radius 2 is 2.00 bits per heavy atom. The summed E-state index contributed by atoms with van der Waals surface area (Å²) in [4.78, 5) is 16.2. The van der Waals surface area contributed by atoms with Crippen molar-refractivity contribution in [1.82, 2.24) is 14.8 Å². The van der Waals surface area contributed by atoms with Crippen molar-refractivity contribution in [1.29, 1.82) is 0 Å². The number of pyridine rings is 1. The molecule has 0 aliphatic carbocycles. The molecule has 0 unspecified atom stereocenters. The van der Waals surface area contributed by atoms with Crippen LogP contribution in [0.2, 0.25) is 0 Å². The van der Waals surface area contributed by atoms with Gasteiger partial charge in [0.05, 0.1) is 22.4 Å². The fourth-order valence-corrected chi connectivity index (χ4v) is 4.18. The van der Waals surface area contributed by atoms with Crippen LogP contribution < -0.4 is 16.5 Å². The van der Waals surface area contributed by atoms with Crippen LogP contribution in [0.1, 0.15) is 23.7 Å². The molecule has 146 valence electrons. The minimum absolute atomic E-state index is 0.0119. The van der Waals surface area contributed by atoms with E-state index in [0.717, 1.165) is 22.4 Å². The second-order valence-corrected chi connectivity index (χ2v) is 10.2. The zero-order valence-electron chi connectivity index (χ0n) is 16.4. The Labute approximate surface area is 164 Å². The SMILES string of the molecule is CCC(=O)c1cnc(N)cc1Nc1cccc(-c2cc(P(C)(C)=O)n(C)n2)c1. The van der Waals surface area contributed by atoms with Gasteiger partial charge in [-0.2, -0.15) is 5.10 Å². The van der Waals surface area contributed by atoms with Crippen molar-refractivity contribution in [3.8, 4) is 11.3 Å². The Kier molecular flexibility index (Phi) is 5.38. The third-order valence-electron chi connectivity index (χ3n) is 4.39. The number of ketones is 1. The van der Waals surface area contributed by atoms with Gasteiger partial charge in [0, 0.05) is 37.0 Å². The van der Waals surface area contributed by atoms with Gasteiger partial charge in [0.2, 0.25) is 0 Å². The van der Waals surface area contributed by atoms with Crippen LogP contribution >= 0.6 is 7.14 Å². The van der Waals surface area contributed by atoms with Crippen LogP contribution in [0.25, 0.3) is 11.3 Å². The highest BCUT2D eigenvalue weighted by Gasteiger charge is 2.18. The van der Waals surface area contributed by atoms with Crippen molar-refractivity contribution in [2.75, 3.05) is 24.4 Å². The maximum absolute atomic E-state index is 12.4. The van der Waals surface area contributed by atoms with E-state index >= 15 is 0 Å². The molecule has 0 atom stereocenters. The number of carbonyl (C=O) groups is 1. The second-order valence-electron chi connectivity index (χ2n) is 7.00. The van der Waals surface area contributed by atoms with Crippen LogP contribution in [0.4, 0.5) is 17.2 Å². The van der Waals surface area contributed by atoms with E-state index in [-0.39, 0.29) is 5.78 Å². The van der Waals surface area contributed by atoms with E-state index in [1.807, 2.05) is 37.3 Å². The van der Waals surface area contributed by atoms with Crippen molar-refractivity contribution in [2.45, 2.75) is 13.3 Å². The van der Waals surface area contributed by atoms with E-state index in [2.05, 4.69) is 15.4 Å². The topological polar surface area (TPSA) is 103 Å². The molecular weight excluding hydrogens is 373 g/mol. The molecule has 0 saturated heterocycles. The Balaban J connectivity index is 1.97. The number of benzene rings is 1. The van der Waals surface area contributed by atoms with E-state index < -0.39 is 7.14 Å². The zero-order valence-corrected chi connectivity index (χ0v) is 17.3. The van der Waals surface area contributed by atoms with Crippen molar-refractivity contribution in [3.05, 3.63) is 48.2 Å². The van der Waals surface area contributed by atoms with Gasteiger partial charge in [0.25, 0.3) is 0 Å². The molecular formula is C20H24N5O2P. The zero-order chi connectivity index (χ0) is 20.5. The smallest absolute Gasteiger partial charge is 0.166 e. The lowest BCUT2D eigenvalue weighted by atomic mass is 10.1. The molecule has 0 spiro atoms. The first kappa shape index (κ1) is 19.8. The van der Waals surface area contributed by atoms with Gasteiger partial charge in [0.1, 0.15) is 13.0 Å². The summed E-state index contributed by atoms with van der Waals surface area (Å²) < 4.78 is 14.1. The summed E-state index contributed by atoms with van der Waals surface area (Å²) in [5, 5.41) is 7.76. The minimum atomic E-state index is -2.42. The van der Waals surface area contributed by atoms with E-state index in [9.17, 15) is 9.36 Å². The molecule has 0 aliphatic heterocycles. The number of nitrogens with one attached hydrogen (secondary N) is 1. The van der Waals surface area contributed by atoms with Crippen molar-refractivity contribution >= 4 is 35.6 Å². The fourth-order valence-electron chi connectivity index (χ4n) is 3.00. The fraction of sp³-hybridized carbons (Fsp3) is 0.250. The van der Waals surface area contributed by atoms with Gasteiger partial charge in [-0.3, -0.25) is 9.48 Å². The third-order valence-corrected chi connectivity index (χ3v) is 5.91. The number of nitrogens with two attached hydrogens (primary N) is 1. The molecule has 28 heavy (non-hydrogen) atoms. The van der Waals surface area contributed by atoms with Crippen LogP contribution in [0.3, 0.4) is 0 Å². The number of hydrogen-bond acceptors (Lipinski definition) is 6. The number of anilines is 3. The van der Waals surface area contributed by atoms with Gasteiger partial charge in [0.15, 0.2) is 5.78 Å². The normalized spacial score (nSPS) is 11.4. The standard InChI is InChI=1S/C20H24N5O2P/c1-5-18(26)15-12-22-19(21)10-17(15)23-14-8-6-7-13(9-14)16-11-20(25(2)24-16)28(3,4)27/h6-12H,5H2,1-4H3,(H3,21,22,23). The van der Waals surface area contributed by atoms with Crippen LogP contribution in [0.15, 0.2) is 42.6 Å². The predicted molar refractivity (Wildman–Crippen MR) is 114 cm³/mol. The van der Waals surface area contributed by atoms with Crippen molar-refractivity contribution in [2.24, 2.45) is 7.05 Å². The van der Waals surface area contributed by atoms with Gasteiger partial charge in [-0.25, -0.2) is 4.98 Å². The number of hydrogen-bond donors (Lipinski definition) is 2. The van der Waals surface area contributed by atoms with Crippen LogP contribution in [0, 0.1) is 0 Å². The highest BCUT2D eigenvalue weighted by Crippen LogP contribution is 2.36. The van der Waals surface area contributed by atoms with E-state index in [0.29, 0.717) is 23.5 Å². The van der Waals surface area contributed by atoms with E-state index in [1.54, 1.807) is 31.1 Å². The molecule has 3 rings (SSSR count). The predicted octanol–water partition coefficient (Wildman–Crippen LogP) is 3.65. The van der Waals surface area contributed by atoms with E-state index in [1.165, 1.54) is 6.20 Å². The highest BCUT2D eigenvalue weighted by atomic mass is 31.2. The van der Waals surface area contributed by atoms with Crippen molar-refractivity contribution in [3.63, 3.8) is 0 Å². The Bertz CT molecular complexity index is 1080. The molecule has 0 aliphatic rings. The van der Waals surface area contributed by atoms with E-state index in [4.69, 9.17) is 5.73 Å². The summed E-state index contributed by atoms with van der Waals surface area (Å²) >= 11 is 0. The molecule has 0 fully saturated rings.